The van der Waals surface area contributed by atoms with Crippen molar-refractivity contribution in [2.45, 2.75) is 58.4 Å². The maximum absolute atomic E-state index is 13.6. The number of halogens is 2. The van der Waals surface area contributed by atoms with E-state index in [-0.39, 0.29) is 11.9 Å². The highest BCUT2D eigenvalue weighted by Gasteiger charge is 2.22. The van der Waals surface area contributed by atoms with Gasteiger partial charge in [-0.15, -0.1) is 0 Å². The number of hydrogen-bond acceptors (Lipinski definition) is 1. The average molecular weight is 298 g/mol. The molecule has 1 unspecified atom stereocenters. The van der Waals surface area contributed by atoms with Crippen molar-refractivity contribution in [3.63, 3.8) is 0 Å². The largest absolute Gasteiger partial charge is 0.310 e. The molecule has 1 atom stereocenters. The van der Waals surface area contributed by atoms with E-state index in [4.69, 9.17) is 11.6 Å². The maximum atomic E-state index is 13.6. The van der Waals surface area contributed by atoms with Gasteiger partial charge in [-0.1, -0.05) is 56.7 Å². The first-order chi connectivity index (χ1) is 9.61. The Hall–Kier alpha value is -0.600. The molecule has 0 aromatic heterocycles. The van der Waals surface area contributed by atoms with E-state index in [0.717, 1.165) is 24.4 Å². The molecule has 1 aromatic carbocycles. The number of rotatable bonds is 5. The van der Waals surface area contributed by atoms with Gasteiger partial charge >= 0.3 is 0 Å². The second-order valence-corrected chi connectivity index (χ2v) is 6.38. The van der Waals surface area contributed by atoms with Gasteiger partial charge in [0, 0.05) is 11.1 Å². The molecule has 0 saturated heterocycles. The van der Waals surface area contributed by atoms with Crippen LogP contribution in [0.15, 0.2) is 12.1 Å². The van der Waals surface area contributed by atoms with Gasteiger partial charge in [0.15, 0.2) is 0 Å². The van der Waals surface area contributed by atoms with E-state index < -0.39 is 0 Å². The Bertz CT molecular complexity index is 441. The molecule has 1 aliphatic rings. The third-order valence-electron chi connectivity index (χ3n) is 4.40. The highest BCUT2D eigenvalue weighted by molar-refractivity contribution is 6.31. The summed E-state index contributed by atoms with van der Waals surface area (Å²) < 4.78 is 13.6. The molecule has 0 spiro atoms. The van der Waals surface area contributed by atoms with Gasteiger partial charge in [-0.3, -0.25) is 0 Å². The predicted octanol–water partition coefficient (Wildman–Crippen LogP) is 5.41. The Balaban J connectivity index is 2.16. The summed E-state index contributed by atoms with van der Waals surface area (Å²) in [5, 5.41) is 4.08. The van der Waals surface area contributed by atoms with Crippen LogP contribution in [0.2, 0.25) is 5.02 Å². The van der Waals surface area contributed by atoms with Gasteiger partial charge in [-0.25, -0.2) is 4.39 Å². The van der Waals surface area contributed by atoms with E-state index >= 15 is 0 Å². The minimum Gasteiger partial charge on any atom is -0.310 e. The molecule has 1 aliphatic carbocycles. The lowest BCUT2D eigenvalue weighted by atomic mass is 9.83. The molecular weight excluding hydrogens is 273 g/mol. The molecule has 1 fully saturated rings. The lowest BCUT2D eigenvalue weighted by Gasteiger charge is -2.28. The van der Waals surface area contributed by atoms with E-state index in [0.29, 0.717) is 10.6 Å². The standard InChI is InChI=1S/C17H25ClFN/c1-3-20-17(10-13-7-5-4-6-8-13)14-9-12(2)16(19)11-15(14)18/h9,11,13,17,20H,3-8,10H2,1-2H3. The summed E-state index contributed by atoms with van der Waals surface area (Å²) in [6.07, 6.45) is 7.82. The molecule has 112 valence electrons. The fraction of sp³-hybridized carbons (Fsp3) is 0.647. The van der Waals surface area contributed by atoms with Crippen LogP contribution in [-0.2, 0) is 0 Å². The second-order valence-electron chi connectivity index (χ2n) is 5.97. The van der Waals surface area contributed by atoms with E-state index in [1.54, 1.807) is 6.92 Å². The Morgan fingerprint density at radius 3 is 2.65 bits per heavy atom. The van der Waals surface area contributed by atoms with Crippen molar-refractivity contribution in [3.8, 4) is 0 Å². The summed E-state index contributed by atoms with van der Waals surface area (Å²) in [6.45, 7) is 4.82. The summed E-state index contributed by atoms with van der Waals surface area (Å²) in [5.74, 6) is 0.556. The first-order valence-corrected chi connectivity index (χ1v) is 8.18. The monoisotopic (exact) mass is 297 g/mol. The highest BCUT2D eigenvalue weighted by Crippen LogP contribution is 2.35. The molecule has 0 bridgehead atoms. The van der Waals surface area contributed by atoms with Gasteiger partial charge < -0.3 is 5.32 Å². The highest BCUT2D eigenvalue weighted by atomic mass is 35.5. The van der Waals surface area contributed by atoms with Gasteiger partial charge in [0.2, 0.25) is 0 Å². The first kappa shape index (κ1) is 15.8. The number of hydrogen-bond donors (Lipinski definition) is 1. The van der Waals surface area contributed by atoms with Crippen LogP contribution in [-0.4, -0.2) is 6.54 Å². The third-order valence-corrected chi connectivity index (χ3v) is 4.72. The van der Waals surface area contributed by atoms with Crippen LogP contribution in [0.25, 0.3) is 0 Å². The number of benzene rings is 1. The topological polar surface area (TPSA) is 12.0 Å². The predicted molar refractivity (Wildman–Crippen MR) is 83.8 cm³/mol. The summed E-state index contributed by atoms with van der Waals surface area (Å²) in [4.78, 5) is 0. The number of aryl methyl sites for hydroxylation is 1. The fourth-order valence-electron chi connectivity index (χ4n) is 3.27. The zero-order valence-corrected chi connectivity index (χ0v) is 13.3. The minimum absolute atomic E-state index is 0.216. The number of nitrogens with one attached hydrogen (secondary N) is 1. The summed E-state index contributed by atoms with van der Waals surface area (Å²) in [5.41, 5.74) is 1.73. The van der Waals surface area contributed by atoms with Crippen LogP contribution >= 0.6 is 11.6 Å². The molecule has 0 amide bonds. The molecular formula is C17H25ClFN. The van der Waals surface area contributed by atoms with E-state index in [9.17, 15) is 4.39 Å². The van der Waals surface area contributed by atoms with Crippen molar-refractivity contribution < 1.29 is 4.39 Å². The Kier molecular flexibility index (Phi) is 5.86. The Labute approximate surface area is 126 Å². The molecule has 0 heterocycles. The van der Waals surface area contributed by atoms with E-state index in [1.165, 1.54) is 38.2 Å². The van der Waals surface area contributed by atoms with Crippen molar-refractivity contribution in [1.29, 1.82) is 0 Å². The smallest absolute Gasteiger partial charge is 0.127 e. The third kappa shape index (κ3) is 3.95. The molecule has 3 heteroatoms. The second kappa shape index (κ2) is 7.42. The van der Waals surface area contributed by atoms with Crippen molar-refractivity contribution in [2.24, 2.45) is 5.92 Å². The van der Waals surface area contributed by atoms with Gasteiger partial charge in [0.05, 0.1) is 0 Å². The molecule has 0 aliphatic heterocycles. The molecule has 1 nitrogen and oxygen atoms in total. The minimum atomic E-state index is -0.216. The van der Waals surface area contributed by atoms with Crippen molar-refractivity contribution in [1.82, 2.24) is 5.32 Å². The SMILES string of the molecule is CCNC(CC1CCCCC1)c1cc(C)c(F)cc1Cl. The molecule has 2 rings (SSSR count). The molecule has 20 heavy (non-hydrogen) atoms. The van der Waals surface area contributed by atoms with Gasteiger partial charge in [0.25, 0.3) is 0 Å². The van der Waals surface area contributed by atoms with Crippen LogP contribution in [0.1, 0.15) is 62.6 Å². The van der Waals surface area contributed by atoms with Gasteiger partial charge in [0.1, 0.15) is 5.82 Å². The summed E-state index contributed by atoms with van der Waals surface area (Å²) in [6, 6.07) is 3.61. The quantitative estimate of drug-likeness (QED) is 0.766. The van der Waals surface area contributed by atoms with Gasteiger partial charge in [-0.2, -0.15) is 0 Å². The van der Waals surface area contributed by atoms with E-state index in [2.05, 4.69) is 12.2 Å². The van der Waals surface area contributed by atoms with Crippen LogP contribution in [0.5, 0.6) is 0 Å². The van der Waals surface area contributed by atoms with Crippen molar-refractivity contribution in [3.05, 3.63) is 34.1 Å². The van der Waals surface area contributed by atoms with Crippen molar-refractivity contribution in [2.75, 3.05) is 6.54 Å². The van der Waals surface area contributed by atoms with E-state index in [1.807, 2.05) is 6.07 Å². The summed E-state index contributed by atoms with van der Waals surface area (Å²) >= 11 is 6.27. The zero-order valence-electron chi connectivity index (χ0n) is 12.5. The molecule has 1 aromatic rings. The Morgan fingerprint density at radius 1 is 1.30 bits per heavy atom. The van der Waals surface area contributed by atoms with Crippen LogP contribution in [0.3, 0.4) is 0 Å². The normalized spacial score (nSPS) is 18.2. The molecule has 1 saturated carbocycles. The average Bonchev–Trinajstić information content (AvgIpc) is 2.44. The van der Waals surface area contributed by atoms with Crippen LogP contribution < -0.4 is 5.32 Å². The summed E-state index contributed by atoms with van der Waals surface area (Å²) in [7, 11) is 0. The van der Waals surface area contributed by atoms with Crippen molar-refractivity contribution >= 4 is 11.6 Å². The lowest BCUT2D eigenvalue weighted by molar-refractivity contribution is 0.301. The maximum Gasteiger partial charge on any atom is 0.127 e. The molecule has 1 N–H and O–H groups in total. The first-order valence-electron chi connectivity index (χ1n) is 7.80. The van der Waals surface area contributed by atoms with Gasteiger partial charge in [-0.05, 0) is 43.0 Å². The lowest BCUT2D eigenvalue weighted by Crippen LogP contribution is -2.25. The van der Waals surface area contributed by atoms with Crippen LogP contribution in [0.4, 0.5) is 4.39 Å². The molecule has 0 radical (unpaired) electrons. The van der Waals surface area contributed by atoms with Crippen LogP contribution in [0, 0.1) is 18.7 Å². The fourth-order valence-corrected chi connectivity index (χ4v) is 3.55. The zero-order chi connectivity index (χ0) is 14.5. The Morgan fingerprint density at radius 2 is 2.00 bits per heavy atom.